The van der Waals surface area contributed by atoms with Gasteiger partial charge in [0.1, 0.15) is 5.82 Å². The number of benzene rings is 1. The van der Waals surface area contributed by atoms with Gasteiger partial charge in [-0.2, -0.15) is 0 Å². The number of likely N-dealkylation sites (tertiary alicyclic amines) is 1. The van der Waals surface area contributed by atoms with Crippen molar-refractivity contribution in [2.75, 3.05) is 13.1 Å². The first-order valence-electron chi connectivity index (χ1n) is 5.48. The van der Waals surface area contributed by atoms with Gasteiger partial charge in [-0.05, 0) is 12.5 Å². The van der Waals surface area contributed by atoms with Gasteiger partial charge in [-0.25, -0.2) is 4.39 Å². The molecule has 2 rings (SSSR count). The van der Waals surface area contributed by atoms with E-state index in [2.05, 4.69) is 0 Å². The molecule has 2 N–H and O–H groups in total. The second-order valence-corrected chi connectivity index (χ2v) is 4.22. The van der Waals surface area contributed by atoms with Crippen LogP contribution in [0.4, 0.5) is 10.1 Å². The largest absolute Gasteiger partial charge is 0.337 e. The fourth-order valence-corrected chi connectivity index (χ4v) is 1.93. The van der Waals surface area contributed by atoms with Crippen molar-refractivity contribution in [2.45, 2.75) is 12.5 Å². The van der Waals surface area contributed by atoms with Crippen molar-refractivity contribution in [3.63, 3.8) is 0 Å². The Morgan fingerprint density at radius 3 is 2.68 bits per heavy atom. The summed E-state index contributed by atoms with van der Waals surface area (Å²) < 4.78 is 13.6. The molecular weight excluding hydrogens is 277 g/mol. The monoisotopic (exact) mass is 289 g/mol. The number of non-ortho nitro benzene ring substituents is 1. The van der Waals surface area contributed by atoms with Gasteiger partial charge < -0.3 is 10.6 Å². The maximum atomic E-state index is 13.6. The zero-order valence-electron chi connectivity index (χ0n) is 9.91. The molecule has 1 aliphatic rings. The van der Waals surface area contributed by atoms with Crippen LogP contribution in [0.2, 0.25) is 0 Å². The molecule has 1 aromatic carbocycles. The summed E-state index contributed by atoms with van der Waals surface area (Å²) in [7, 11) is 0. The second kappa shape index (κ2) is 5.94. The molecule has 19 heavy (non-hydrogen) atoms. The molecule has 1 atom stereocenters. The zero-order chi connectivity index (χ0) is 13.3. The molecule has 6 nitrogen and oxygen atoms in total. The van der Waals surface area contributed by atoms with Gasteiger partial charge in [-0.15, -0.1) is 12.4 Å². The molecule has 0 aliphatic carbocycles. The van der Waals surface area contributed by atoms with Crippen LogP contribution < -0.4 is 5.73 Å². The van der Waals surface area contributed by atoms with Gasteiger partial charge in [0.15, 0.2) is 0 Å². The van der Waals surface area contributed by atoms with Crippen molar-refractivity contribution in [1.29, 1.82) is 0 Å². The zero-order valence-corrected chi connectivity index (χ0v) is 10.7. The Morgan fingerprint density at radius 2 is 2.21 bits per heavy atom. The second-order valence-electron chi connectivity index (χ2n) is 4.22. The third-order valence-electron chi connectivity index (χ3n) is 2.91. The molecule has 1 aromatic rings. The summed E-state index contributed by atoms with van der Waals surface area (Å²) >= 11 is 0. The number of nitro groups is 1. The molecule has 0 aromatic heterocycles. The Bertz CT molecular complexity index is 512. The topological polar surface area (TPSA) is 89.5 Å². The van der Waals surface area contributed by atoms with Crippen LogP contribution >= 0.6 is 12.4 Å². The number of nitro benzene ring substituents is 1. The van der Waals surface area contributed by atoms with Crippen LogP contribution in [0, 0.1) is 15.9 Å². The highest BCUT2D eigenvalue weighted by Gasteiger charge is 2.27. The number of hydrogen-bond acceptors (Lipinski definition) is 4. The average Bonchev–Trinajstić information content (AvgIpc) is 2.74. The van der Waals surface area contributed by atoms with Gasteiger partial charge >= 0.3 is 0 Å². The van der Waals surface area contributed by atoms with Crippen LogP contribution in [0.5, 0.6) is 0 Å². The maximum absolute atomic E-state index is 13.6. The number of nitrogens with two attached hydrogens (primary N) is 1. The van der Waals surface area contributed by atoms with Gasteiger partial charge in [-0.1, -0.05) is 0 Å². The normalized spacial score (nSPS) is 18.0. The summed E-state index contributed by atoms with van der Waals surface area (Å²) in [5.74, 6) is -1.36. The van der Waals surface area contributed by atoms with E-state index < -0.39 is 16.6 Å². The van der Waals surface area contributed by atoms with E-state index in [1.165, 1.54) is 4.90 Å². The molecule has 1 aliphatic heterocycles. The molecular formula is C11H13ClFN3O3. The Morgan fingerprint density at radius 1 is 1.53 bits per heavy atom. The first kappa shape index (κ1) is 15.3. The summed E-state index contributed by atoms with van der Waals surface area (Å²) in [5.41, 5.74) is 5.14. The molecule has 104 valence electrons. The lowest BCUT2D eigenvalue weighted by molar-refractivity contribution is -0.385. The smallest absolute Gasteiger partial charge is 0.272 e. The minimum atomic E-state index is -0.880. The van der Waals surface area contributed by atoms with Gasteiger partial charge in [0.25, 0.3) is 11.6 Å². The van der Waals surface area contributed by atoms with E-state index in [1.807, 2.05) is 0 Å². The molecule has 0 radical (unpaired) electrons. The molecule has 0 spiro atoms. The van der Waals surface area contributed by atoms with E-state index in [4.69, 9.17) is 5.73 Å². The van der Waals surface area contributed by atoms with E-state index in [1.54, 1.807) is 0 Å². The van der Waals surface area contributed by atoms with E-state index in [0.29, 0.717) is 19.5 Å². The van der Waals surface area contributed by atoms with E-state index >= 15 is 0 Å². The first-order chi connectivity index (χ1) is 8.49. The summed E-state index contributed by atoms with van der Waals surface area (Å²) in [6, 6.07) is 2.92. The van der Waals surface area contributed by atoms with Crippen LogP contribution in [0.3, 0.4) is 0 Å². The molecule has 1 fully saturated rings. The van der Waals surface area contributed by atoms with Crippen molar-refractivity contribution in [3.8, 4) is 0 Å². The number of rotatable bonds is 2. The van der Waals surface area contributed by atoms with Gasteiger partial charge in [0.2, 0.25) is 0 Å². The van der Waals surface area contributed by atoms with Crippen molar-refractivity contribution in [3.05, 3.63) is 39.7 Å². The standard InChI is InChI=1S/C11H12FN3O3.ClH/c12-10-5-8(15(17)18)1-2-9(10)11(16)14-4-3-7(13)6-14;/h1-2,5,7H,3-4,6,13H2;1H/t7-;/m1./s1. The molecule has 1 amide bonds. The number of carbonyl (C=O) groups excluding carboxylic acids is 1. The maximum Gasteiger partial charge on any atom is 0.272 e. The SMILES string of the molecule is Cl.N[C@@H]1CCN(C(=O)c2ccc([N+](=O)[O-])cc2F)C1. The molecule has 0 saturated carbocycles. The molecule has 8 heteroatoms. The number of halogens is 2. The van der Waals surface area contributed by atoms with E-state index in [0.717, 1.165) is 18.2 Å². The van der Waals surface area contributed by atoms with Crippen molar-refractivity contribution >= 4 is 24.0 Å². The Hall–Kier alpha value is -1.73. The van der Waals surface area contributed by atoms with Gasteiger partial charge in [-0.3, -0.25) is 14.9 Å². The van der Waals surface area contributed by atoms with Gasteiger partial charge in [0, 0.05) is 25.2 Å². The summed E-state index contributed by atoms with van der Waals surface area (Å²) in [5, 5.41) is 10.5. The summed E-state index contributed by atoms with van der Waals surface area (Å²) in [6.07, 6.45) is 0.681. The summed E-state index contributed by atoms with van der Waals surface area (Å²) in [6.45, 7) is 0.867. The third-order valence-corrected chi connectivity index (χ3v) is 2.91. The predicted molar refractivity (Wildman–Crippen MR) is 68.8 cm³/mol. The highest BCUT2D eigenvalue weighted by Crippen LogP contribution is 2.19. The van der Waals surface area contributed by atoms with Crippen LogP contribution in [0.15, 0.2) is 18.2 Å². The highest BCUT2D eigenvalue weighted by atomic mass is 35.5. The molecule has 1 heterocycles. The third kappa shape index (κ3) is 3.18. The Balaban J connectivity index is 0.00000180. The van der Waals surface area contributed by atoms with Crippen molar-refractivity contribution in [2.24, 2.45) is 5.73 Å². The van der Waals surface area contributed by atoms with Crippen LogP contribution in [-0.4, -0.2) is 34.9 Å². The molecule has 0 bridgehead atoms. The fraction of sp³-hybridized carbons (Fsp3) is 0.364. The minimum Gasteiger partial charge on any atom is -0.337 e. The van der Waals surface area contributed by atoms with Crippen molar-refractivity contribution < 1.29 is 14.1 Å². The van der Waals surface area contributed by atoms with Crippen molar-refractivity contribution in [1.82, 2.24) is 4.90 Å². The van der Waals surface area contributed by atoms with E-state index in [-0.39, 0.29) is 29.7 Å². The lowest BCUT2D eigenvalue weighted by Crippen LogP contribution is -2.32. The Kier molecular flexibility index (Phi) is 4.79. The molecule has 1 saturated heterocycles. The quantitative estimate of drug-likeness (QED) is 0.657. The predicted octanol–water partition coefficient (Wildman–Crippen LogP) is 1.33. The highest BCUT2D eigenvalue weighted by molar-refractivity contribution is 5.95. The summed E-state index contributed by atoms with van der Waals surface area (Å²) in [4.78, 5) is 23.2. The number of hydrogen-bond donors (Lipinski definition) is 1. The minimum absolute atomic E-state index is 0. The van der Waals surface area contributed by atoms with Crippen LogP contribution in [0.25, 0.3) is 0 Å². The van der Waals surface area contributed by atoms with Crippen LogP contribution in [-0.2, 0) is 0 Å². The average molecular weight is 290 g/mol. The first-order valence-corrected chi connectivity index (χ1v) is 5.48. The Labute approximate surface area is 114 Å². The number of amides is 1. The lowest BCUT2D eigenvalue weighted by atomic mass is 10.1. The van der Waals surface area contributed by atoms with E-state index in [9.17, 15) is 19.3 Å². The molecule has 0 unspecified atom stereocenters. The fourth-order valence-electron chi connectivity index (χ4n) is 1.93. The number of nitrogens with zero attached hydrogens (tertiary/aromatic N) is 2. The lowest BCUT2D eigenvalue weighted by Gasteiger charge is -2.15. The van der Waals surface area contributed by atoms with Gasteiger partial charge in [0.05, 0.1) is 16.6 Å². The van der Waals surface area contributed by atoms with Crippen LogP contribution in [0.1, 0.15) is 16.8 Å². The number of carbonyl (C=O) groups is 1.